The number of amides is 1. The van der Waals surface area contributed by atoms with Gasteiger partial charge in [0.05, 0.1) is 18.1 Å². The number of hydrogen-bond acceptors (Lipinski definition) is 9. The number of pyridine rings is 1. The summed E-state index contributed by atoms with van der Waals surface area (Å²) in [5.74, 6) is 11.0. The Bertz CT molecular complexity index is 944. The number of carbonyl (C=O) groups is 2. The van der Waals surface area contributed by atoms with Crippen LogP contribution in [0.4, 0.5) is 5.82 Å². The van der Waals surface area contributed by atoms with Gasteiger partial charge in [-0.05, 0) is 38.8 Å². The van der Waals surface area contributed by atoms with Crippen LogP contribution in [0.1, 0.15) is 32.8 Å². The number of rotatable bonds is 13. The van der Waals surface area contributed by atoms with Crippen LogP contribution < -0.4 is 22.0 Å². The van der Waals surface area contributed by atoms with Crippen molar-refractivity contribution in [2.75, 3.05) is 44.9 Å². The fourth-order valence-corrected chi connectivity index (χ4v) is 3.79. The molecule has 0 saturated carbocycles. The number of nitrogens with zero attached hydrogens (tertiary/aromatic N) is 4. The Balaban J connectivity index is 1.81. The highest BCUT2D eigenvalue weighted by molar-refractivity contribution is 5.96. The summed E-state index contributed by atoms with van der Waals surface area (Å²) in [6, 6.07) is 3.51. The van der Waals surface area contributed by atoms with E-state index < -0.39 is 0 Å². The SMILES string of the molecule is C/C=C1/C(=O)OC/C1=C(\C)CC(CNCCN(CC)C(=O)Cc1ccc(N(N)/C=N\N)nc1)OC. The van der Waals surface area contributed by atoms with Crippen molar-refractivity contribution < 1.29 is 19.1 Å². The number of allylic oxidation sites excluding steroid dienone is 1. The van der Waals surface area contributed by atoms with E-state index >= 15 is 0 Å². The van der Waals surface area contributed by atoms with E-state index in [0.29, 0.717) is 50.6 Å². The van der Waals surface area contributed by atoms with Crippen molar-refractivity contribution >= 4 is 24.0 Å². The van der Waals surface area contributed by atoms with Crippen LogP contribution in [-0.2, 0) is 25.5 Å². The highest BCUT2D eigenvalue weighted by Crippen LogP contribution is 2.26. The smallest absolute Gasteiger partial charge is 0.338 e. The van der Waals surface area contributed by atoms with Gasteiger partial charge < -0.3 is 25.5 Å². The number of methoxy groups -OCH3 is 1. The topological polar surface area (TPSA) is 148 Å². The Labute approximate surface area is 206 Å². The normalized spacial score (nSPS) is 17.1. The molecule has 2 heterocycles. The van der Waals surface area contributed by atoms with Crippen molar-refractivity contribution in [2.45, 2.75) is 39.7 Å². The molecule has 11 nitrogen and oxygen atoms in total. The molecule has 0 bridgehead atoms. The molecule has 35 heavy (non-hydrogen) atoms. The Morgan fingerprint density at radius 2 is 2.20 bits per heavy atom. The number of carbonyl (C=O) groups excluding carboxylic acids is 2. The first kappa shape index (κ1) is 28.0. The van der Waals surface area contributed by atoms with E-state index in [4.69, 9.17) is 21.2 Å². The minimum absolute atomic E-state index is 0.0191. The van der Waals surface area contributed by atoms with E-state index in [2.05, 4.69) is 15.4 Å². The second-order valence-corrected chi connectivity index (χ2v) is 8.15. The van der Waals surface area contributed by atoms with Gasteiger partial charge in [-0.3, -0.25) is 4.79 Å². The highest BCUT2D eigenvalue weighted by Gasteiger charge is 2.26. The van der Waals surface area contributed by atoms with Gasteiger partial charge in [-0.1, -0.05) is 17.7 Å². The summed E-state index contributed by atoms with van der Waals surface area (Å²) < 4.78 is 10.8. The predicted molar refractivity (Wildman–Crippen MR) is 135 cm³/mol. The molecule has 1 unspecified atom stereocenters. The minimum atomic E-state index is -0.271. The molecular formula is C24H37N7O4. The van der Waals surface area contributed by atoms with Gasteiger partial charge in [0.15, 0.2) is 0 Å². The summed E-state index contributed by atoms with van der Waals surface area (Å²) in [4.78, 5) is 30.6. The number of hydrogen-bond donors (Lipinski definition) is 3. The van der Waals surface area contributed by atoms with Crippen LogP contribution in [0.3, 0.4) is 0 Å². The van der Waals surface area contributed by atoms with E-state index in [1.54, 1.807) is 36.4 Å². The highest BCUT2D eigenvalue weighted by atomic mass is 16.5. The second kappa shape index (κ2) is 14.2. The van der Waals surface area contributed by atoms with E-state index in [1.807, 2.05) is 20.8 Å². The van der Waals surface area contributed by atoms with Gasteiger partial charge in [0, 0.05) is 45.1 Å². The summed E-state index contributed by atoms with van der Waals surface area (Å²) in [5, 5.41) is 7.92. The Morgan fingerprint density at radius 1 is 1.43 bits per heavy atom. The van der Waals surface area contributed by atoms with Crippen molar-refractivity contribution in [1.82, 2.24) is 15.2 Å². The number of hydrazone groups is 1. The standard InChI is InChI=1S/C24H37N7O4/c1-5-20-21(15-35-24(20)33)17(3)11-19(34-4)14-27-9-10-30(6-2)23(32)12-18-7-8-22(28-13-18)31(26)16-29-25/h5,7-8,13,16,19,27H,6,9-12,14-15,25-26H2,1-4H3/b20-5+,21-17-,29-16-. The molecule has 1 aromatic rings. The molecule has 1 amide bonds. The molecule has 5 N–H and O–H groups in total. The molecule has 192 valence electrons. The maximum absolute atomic E-state index is 12.7. The Hall–Kier alpha value is -3.28. The maximum Gasteiger partial charge on any atom is 0.338 e. The van der Waals surface area contributed by atoms with Gasteiger partial charge in [-0.25, -0.2) is 20.6 Å². The molecule has 1 aliphatic rings. The first-order valence-corrected chi connectivity index (χ1v) is 11.6. The van der Waals surface area contributed by atoms with Crippen LogP contribution in [0.5, 0.6) is 0 Å². The van der Waals surface area contributed by atoms with E-state index in [-0.39, 0.29) is 24.4 Å². The number of esters is 1. The number of hydrazine groups is 1. The zero-order valence-corrected chi connectivity index (χ0v) is 21.0. The summed E-state index contributed by atoms with van der Waals surface area (Å²) >= 11 is 0. The van der Waals surface area contributed by atoms with Crippen molar-refractivity contribution in [2.24, 2.45) is 16.8 Å². The fraction of sp³-hybridized carbons (Fsp3) is 0.500. The number of nitrogens with two attached hydrogens (primary N) is 2. The lowest BCUT2D eigenvalue weighted by Gasteiger charge is -2.23. The number of ether oxygens (including phenoxy) is 2. The van der Waals surface area contributed by atoms with Crippen LogP contribution in [0.25, 0.3) is 0 Å². The predicted octanol–water partition coefficient (Wildman–Crippen LogP) is 0.869. The van der Waals surface area contributed by atoms with Crippen LogP contribution in [0.2, 0.25) is 0 Å². The molecular weight excluding hydrogens is 450 g/mol. The zero-order chi connectivity index (χ0) is 25.8. The number of likely N-dealkylation sites (N-methyl/N-ethyl adjacent to an activating group) is 1. The number of nitrogens with one attached hydrogen (secondary N) is 1. The third kappa shape index (κ3) is 8.16. The van der Waals surface area contributed by atoms with E-state index in [9.17, 15) is 9.59 Å². The van der Waals surface area contributed by atoms with Crippen LogP contribution in [-0.4, -0.2) is 74.1 Å². The molecule has 0 spiro atoms. The van der Waals surface area contributed by atoms with Crippen LogP contribution in [0.15, 0.2) is 46.2 Å². The van der Waals surface area contributed by atoms with E-state index in [1.165, 1.54) is 11.3 Å². The molecule has 11 heteroatoms. The maximum atomic E-state index is 12.7. The average molecular weight is 488 g/mol. The molecule has 1 aromatic heterocycles. The average Bonchev–Trinajstić information content (AvgIpc) is 3.24. The van der Waals surface area contributed by atoms with Gasteiger partial charge in [-0.2, -0.15) is 5.10 Å². The summed E-state index contributed by atoms with van der Waals surface area (Å²) in [6.45, 7) is 8.54. The van der Waals surface area contributed by atoms with Crippen molar-refractivity contribution in [1.29, 1.82) is 0 Å². The Kier molecular flexibility index (Phi) is 11.3. The van der Waals surface area contributed by atoms with Gasteiger partial charge in [0.2, 0.25) is 5.91 Å². The van der Waals surface area contributed by atoms with Crippen LogP contribution in [0, 0.1) is 0 Å². The lowest BCUT2D eigenvalue weighted by atomic mass is 9.99. The van der Waals surface area contributed by atoms with E-state index in [0.717, 1.165) is 16.7 Å². The molecule has 0 aromatic carbocycles. The first-order chi connectivity index (χ1) is 16.8. The number of aromatic nitrogens is 1. The molecule has 0 aliphatic carbocycles. The molecule has 1 atom stereocenters. The lowest BCUT2D eigenvalue weighted by molar-refractivity contribution is -0.135. The molecule has 0 radical (unpaired) electrons. The molecule has 1 aliphatic heterocycles. The van der Waals surface area contributed by atoms with Crippen molar-refractivity contribution in [3.63, 3.8) is 0 Å². The molecule has 1 saturated heterocycles. The third-order valence-corrected chi connectivity index (χ3v) is 5.85. The quantitative estimate of drug-likeness (QED) is 0.0701. The van der Waals surface area contributed by atoms with Gasteiger partial charge >= 0.3 is 5.97 Å². The summed E-state index contributed by atoms with van der Waals surface area (Å²) in [6.07, 6.45) is 5.53. The Morgan fingerprint density at radius 3 is 2.80 bits per heavy atom. The van der Waals surface area contributed by atoms with Crippen LogP contribution >= 0.6 is 0 Å². The van der Waals surface area contributed by atoms with Crippen molar-refractivity contribution in [3.8, 4) is 0 Å². The van der Waals surface area contributed by atoms with Gasteiger partial charge in [-0.15, -0.1) is 0 Å². The lowest BCUT2D eigenvalue weighted by Crippen LogP contribution is -2.39. The monoisotopic (exact) mass is 487 g/mol. The fourth-order valence-electron chi connectivity index (χ4n) is 3.79. The zero-order valence-electron chi connectivity index (χ0n) is 21.0. The van der Waals surface area contributed by atoms with Gasteiger partial charge in [0.1, 0.15) is 18.8 Å². The van der Waals surface area contributed by atoms with Gasteiger partial charge in [0.25, 0.3) is 0 Å². The minimum Gasteiger partial charge on any atom is -0.457 e. The number of anilines is 1. The third-order valence-electron chi connectivity index (χ3n) is 5.85. The molecule has 1 fully saturated rings. The van der Waals surface area contributed by atoms with Crippen molar-refractivity contribution in [3.05, 3.63) is 46.7 Å². The summed E-state index contributed by atoms with van der Waals surface area (Å²) in [5.41, 5.74) is 3.45. The first-order valence-electron chi connectivity index (χ1n) is 11.6. The summed E-state index contributed by atoms with van der Waals surface area (Å²) in [7, 11) is 1.67. The largest absolute Gasteiger partial charge is 0.457 e. The number of cyclic esters (lactones) is 1. The molecule has 2 rings (SSSR count). The second-order valence-electron chi connectivity index (χ2n) is 8.15.